The maximum Gasteiger partial charge on any atom is 0.289 e. The molecule has 2 heterocycles. The van der Waals surface area contributed by atoms with Crippen LogP contribution in [0.2, 0.25) is 0 Å². The van der Waals surface area contributed by atoms with E-state index in [-0.39, 0.29) is 17.7 Å². The minimum absolute atomic E-state index is 0.0205. The largest absolute Gasteiger partial charge is 0.456 e. The summed E-state index contributed by atoms with van der Waals surface area (Å²) in [5, 5.41) is 2.80. The van der Waals surface area contributed by atoms with Crippen molar-refractivity contribution in [3.8, 4) is 0 Å². The fourth-order valence-electron chi connectivity index (χ4n) is 2.85. The number of nitrogens with one attached hydrogen (secondary N) is 1. The molecule has 6 heteroatoms. The summed E-state index contributed by atoms with van der Waals surface area (Å²) in [6.07, 6.45) is 2.40. The molecule has 0 aliphatic carbocycles. The molecule has 1 aromatic rings. The van der Waals surface area contributed by atoms with Gasteiger partial charge in [0, 0.05) is 32.6 Å². The number of furan rings is 1. The van der Waals surface area contributed by atoms with E-state index in [2.05, 4.69) is 5.32 Å². The fourth-order valence-corrected chi connectivity index (χ4v) is 2.85. The summed E-state index contributed by atoms with van der Waals surface area (Å²) in [6.45, 7) is 5.95. The first-order valence-electron chi connectivity index (χ1n) is 7.93. The average Bonchev–Trinajstić information content (AvgIpc) is 2.92. The molecule has 0 bridgehead atoms. The third kappa shape index (κ3) is 3.68. The number of nitrogens with zero attached hydrogens (tertiary/aromatic N) is 1. The Bertz CT molecular complexity index is 539. The molecule has 0 saturated carbocycles. The Morgan fingerprint density at radius 1 is 1.50 bits per heavy atom. The lowest BCUT2D eigenvalue weighted by Crippen LogP contribution is -2.46. The van der Waals surface area contributed by atoms with Gasteiger partial charge in [0.2, 0.25) is 5.91 Å². The van der Waals surface area contributed by atoms with E-state index in [4.69, 9.17) is 10.2 Å². The highest BCUT2D eigenvalue weighted by molar-refractivity contribution is 5.92. The van der Waals surface area contributed by atoms with Crippen molar-refractivity contribution in [2.45, 2.75) is 33.1 Å². The van der Waals surface area contributed by atoms with Crippen LogP contribution in [0.1, 0.15) is 41.6 Å². The van der Waals surface area contributed by atoms with Crippen LogP contribution in [0.25, 0.3) is 0 Å². The molecule has 1 aromatic heterocycles. The second-order valence-corrected chi connectivity index (χ2v) is 5.74. The van der Waals surface area contributed by atoms with E-state index in [0.717, 1.165) is 30.6 Å². The molecule has 1 atom stereocenters. The molecule has 1 saturated heterocycles. The first-order chi connectivity index (χ1) is 10.6. The van der Waals surface area contributed by atoms with Crippen LogP contribution >= 0.6 is 0 Å². The Hall–Kier alpha value is -1.82. The molecule has 1 fully saturated rings. The maximum atomic E-state index is 12.5. The highest BCUT2D eigenvalue weighted by Gasteiger charge is 2.30. The minimum Gasteiger partial charge on any atom is -0.456 e. The number of nitrogens with two attached hydrogens (primary N) is 1. The van der Waals surface area contributed by atoms with Crippen LogP contribution in [-0.4, -0.2) is 42.9 Å². The Kier molecular flexibility index (Phi) is 5.60. The number of aryl methyl sites for hydroxylation is 2. The van der Waals surface area contributed by atoms with Crippen molar-refractivity contribution in [1.82, 2.24) is 10.2 Å². The second-order valence-electron chi connectivity index (χ2n) is 5.74. The fraction of sp³-hybridized carbons (Fsp3) is 0.625. The summed E-state index contributed by atoms with van der Waals surface area (Å²) in [5.74, 6) is 0.910. The number of piperidine rings is 1. The lowest BCUT2D eigenvalue weighted by atomic mass is 9.97. The van der Waals surface area contributed by atoms with Gasteiger partial charge in [-0.05, 0) is 31.4 Å². The molecule has 0 radical (unpaired) electrons. The number of carbonyl (C=O) groups is 2. The monoisotopic (exact) mass is 307 g/mol. The van der Waals surface area contributed by atoms with Gasteiger partial charge in [-0.2, -0.15) is 0 Å². The molecule has 0 aromatic carbocycles. The molecular weight excluding hydrogens is 282 g/mol. The predicted octanol–water partition coefficient (Wildman–Crippen LogP) is 1.08. The van der Waals surface area contributed by atoms with Crippen LogP contribution in [0.3, 0.4) is 0 Å². The molecule has 122 valence electrons. The van der Waals surface area contributed by atoms with Gasteiger partial charge in [-0.3, -0.25) is 9.59 Å². The normalized spacial score (nSPS) is 18.3. The van der Waals surface area contributed by atoms with E-state index in [1.54, 1.807) is 11.0 Å². The number of hydrogen-bond acceptors (Lipinski definition) is 4. The van der Waals surface area contributed by atoms with Crippen molar-refractivity contribution < 1.29 is 14.0 Å². The first kappa shape index (κ1) is 16.5. The van der Waals surface area contributed by atoms with Crippen molar-refractivity contribution in [3.05, 3.63) is 23.2 Å². The maximum absolute atomic E-state index is 12.5. The van der Waals surface area contributed by atoms with Gasteiger partial charge < -0.3 is 20.4 Å². The first-order valence-corrected chi connectivity index (χ1v) is 7.93. The van der Waals surface area contributed by atoms with Crippen LogP contribution in [-0.2, 0) is 11.2 Å². The van der Waals surface area contributed by atoms with Crippen molar-refractivity contribution >= 4 is 11.8 Å². The highest BCUT2D eigenvalue weighted by atomic mass is 16.4. The van der Waals surface area contributed by atoms with E-state index in [0.29, 0.717) is 31.9 Å². The number of carbonyl (C=O) groups excluding carboxylic acids is 2. The van der Waals surface area contributed by atoms with Crippen LogP contribution in [0.15, 0.2) is 10.5 Å². The minimum atomic E-state index is -0.161. The van der Waals surface area contributed by atoms with E-state index in [1.165, 1.54) is 0 Å². The third-order valence-electron chi connectivity index (χ3n) is 4.08. The van der Waals surface area contributed by atoms with Crippen LogP contribution < -0.4 is 11.1 Å². The van der Waals surface area contributed by atoms with Crippen LogP contribution in [0.5, 0.6) is 0 Å². The van der Waals surface area contributed by atoms with Crippen LogP contribution in [0.4, 0.5) is 0 Å². The van der Waals surface area contributed by atoms with Gasteiger partial charge in [0.1, 0.15) is 5.76 Å². The van der Waals surface area contributed by atoms with Gasteiger partial charge in [-0.1, -0.05) is 6.92 Å². The summed E-state index contributed by atoms with van der Waals surface area (Å²) in [4.78, 5) is 26.3. The number of hydrogen-bond donors (Lipinski definition) is 2. The van der Waals surface area contributed by atoms with Gasteiger partial charge >= 0.3 is 0 Å². The predicted molar refractivity (Wildman–Crippen MR) is 83.5 cm³/mol. The van der Waals surface area contributed by atoms with Crippen molar-refractivity contribution in [3.63, 3.8) is 0 Å². The SMILES string of the molecule is CCc1oc(C(=O)N2CCCC(C(=O)NCCN)C2)cc1C. The molecule has 1 aliphatic rings. The molecule has 0 spiro atoms. The zero-order valence-corrected chi connectivity index (χ0v) is 13.4. The molecular formula is C16H25N3O3. The highest BCUT2D eigenvalue weighted by Crippen LogP contribution is 2.21. The van der Waals surface area contributed by atoms with E-state index in [9.17, 15) is 9.59 Å². The Labute approximate surface area is 131 Å². The van der Waals surface area contributed by atoms with Gasteiger partial charge in [-0.15, -0.1) is 0 Å². The van der Waals surface area contributed by atoms with Crippen molar-refractivity contribution in [1.29, 1.82) is 0 Å². The smallest absolute Gasteiger partial charge is 0.289 e. The molecule has 1 aliphatic heterocycles. The van der Waals surface area contributed by atoms with Crippen LogP contribution in [0, 0.1) is 12.8 Å². The standard InChI is InChI=1S/C16H25N3O3/c1-3-13-11(2)9-14(22-13)16(21)19-8-4-5-12(10-19)15(20)18-7-6-17/h9,12H,3-8,10,17H2,1-2H3,(H,18,20). The van der Waals surface area contributed by atoms with E-state index in [1.807, 2.05) is 13.8 Å². The van der Waals surface area contributed by atoms with Crippen molar-refractivity contribution in [2.75, 3.05) is 26.2 Å². The quantitative estimate of drug-likeness (QED) is 0.852. The molecule has 22 heavy (non-hydrogen) atoms. The summed E-state index contributed by atoms with van der Waals surface area (Å²) in [6, 6.07) is 1.79. The Morgan fingerprint density at radius 2 is 2.27 bits per heavy atom. The van der Waals surface area contributed by atoms with Gasteiger partial charge in [0.15, 0.2) is 5.76 Å². The summed E-state index contributed by atoms with van der Waals surface area (Å²) < 4.78 is 5.63. The zero-order chi connectivity index (χ0) is 16.1. The molecule has 2 amide bonds. The summed E-state index contributed by atoms with van der Waals surface area (Å²) in [7, 11) is 0. The van der Waals surface area contributed by atoms with Gasteiger partial charge in [0.05, 0.1) is 5.92 Å². The number of amides is 2. The molecule has 3 N–H and O–H groups in total. The number of rotatable bonds is 5. The average molecular weight is 307 g/mol. The zero-order valence-electron chi connectivity index (χ0n) is 13.4. The third-order valence-corrected chi connectivity index (χ3v) is 4.08. The Balaban J connectivity index is 2.01. The van der Waals surface area contributed by atoms with Crippen molar-refractivity contribution in [2.24, 2.45) is 11.7 Å². The topological polar surface area (TPSA) is 88.6 Å². The van der Waals surface area contributed by atoms with E-state index >= 15 is 0 Å². The molecule has 6 nitrogen and oxygen atoms in total. The summed E-state index contributed by atoms with van der Waals surface area (Å²) in [5.41, 5.74) is 6.40. The van der Waals surface area contributed by atoms with E-state index < -0.39 is 0 Å². The lowest BCUT2D eigenvalue weighted by Gasteiger charge is -2.31. The van der Waals surface area contributed by atoms with Gasteiger partial charge in [-0.25, -0.2) is 0 Å². The number of likely N-dealkylation sites (tertiary alicyclic amines) is 1. The van der Waals surface area contributed by atoms with Gasteiger partial charge in [0.25, 0.3) is 5.91 Å². The Morgan fingerprint density at radius 3 is 2.91 bits per heavy atom. The second kappa shape index (κ2) is 7.45. The summed E-state index contributed by atoms with van der Waals surface area (Å²) >= 11 is 0. The molecule has 1 unspecified atom stereocenters. The lowest BCUT2D eigenvalue weighted by molar-refractivity contribution is -0.126. The molecule has 2 rings (SSSR count).